The van der Waals surface area contributed by atoms with Gasteiger partial charge in [-0.2, -0.15) is 0 Å². The fraction of sp³-hybridized carbons (Fsp3) is 0.900. The zero-order chi connectivity index (χ0) is 11.2. The van der Waals surface area contributed by atoms with E-state index in [9.17, 15) is 4.79 Å². The summed E-state index contributed by atoms with van der Waals surface area (Å²) in [5, 5.41) is 9.14. The van der Waals surface area contributed by atoms with E-state index in [2.05, 4.69) is 0 Å². The molecule has 0 spiro atoms. The number of carboxylic acid groups (broad SMARTS) is 1. The molecule has 1 unspecified atom stereocenters. The van der Waals surface area contributed by atoms with E-state index in [1.807, 2.05) is 20.8 Å². The SMILES string of the molecule is CCOCC(CN)(CC(C)C)C(=O)O. The minimum absolute atomic E-state index is 0.126. The minimum atomic E-state index is -0.913. The van der Waals surface area contributed by atoms with E-state index in [0.717, 1.165) is 0 Å². The summed E-state index contributed by atoms with van der Waals surface area (Å²) in [6.45, 7) is 6.66. The Hall–Kier alpha value is -0.610. The lowest BCUT2D eigenvalue weighted by Gasteiger charge is -2.29. The molecule has 1 atom stereocenters. The molecule has 0 aromatic heterocycles. The second-order valence-electron chi connectivity index (χ2n) is 4.02. The normalized spacial score (nSPS) is 15.5. The van der Waals surface area contributed by atoms with Gasteiger partial charge in [0, 0.05) is 13.2 Å². The Labute approximate surface area is 85.4 Å². The monoisotopic (exact) mass is 203 g/mol. The quantitative estimate of drug-likeness (QED) is 0.650. The van der Waals surface area contributed by atoms with Crippen LogP contribution in [-0.2, 0) is 9.53 Å². The summed E-state index contributed by atoms with van der Waals surface area (Å²) in [5.74, 6) is -0.558. The molecular formula is C10H21NO3. The molecule has 0 bridgehead atoms. The molecule has 4 nitrogen and oxygen atoms in total. The van der Waals surface area contributed by atoms with Crippen molar-refractivity contribution in [2.75, 3.05) is 19.8 Å². The van der Waals surface area contributed by atoms with Gasteiger partial charge < -0.3 is 15.6 Å². The zero-order valence-corrected chi connectivity index (χ0v) is 9.25. The summed E-state index contributed by atoms with van der Waals surface area (Å²) in [7, 11) is 0. The number of hydrogen-bond acceptors (Lipinski definition) is 3. The molecule has 0 aromatic rings. The van der Waals surface area contributed by atoms with Crippen LogP contribution in [-0.4, -0.2) is 30.8 Å². The van der Waals surface area contributed by atoms with Crippen LogP contribution < -0.4 is 5.73 Å². The van der Waals surface area contributed by atoms with E-state index in [1.54, 1.807) is 0 Å². The highest BCUT2D eigenvalue weighted by molar-refractivity contribution is 5.75. The van der Waals surface area contributed by atoms with E-state index in [-0.39, 0.29) is 13.2 Å². The van der Waals surface area contributed by atoms with Gasteiger partial charge in [-0.3, -0.25) is 4.79 Å². The number of carboxylic acids is 1. The molecule has 0 rings (SSSR count). The third-order valence-electron chi connectivity index (χ3n) is 2.23. The average Bonchev–Trinajstić information content (AvgIpc) is 2.11. The minimum Gasteiger partial charge on any atom is -0.481 e. The molecule has 0 saturated heterocycles. The summed E-state index contributed by atoms with van der Waals surface area (Å²) in [6, 6.07) is 0. The number of hydrogen-bond donors (Lipinski definition) is 2. The lowest BCUT2D eigenvalue weighted by molar-refractivity contribution is -0.153. The molecule has 0 radical (unpaired) electrons. The Bertz CT molecular complexity index is 182. The molecule has 0 heterocycles. The Morgan fingerprint density at radius 2 is 2.14 bits per heavy atom. The van der Waals surface area contributed by atoms with Crippen molar-refractivity contribution in [3.63, 3.8) is 0 Å². The first-order chi connectivity index (χ1) is 6.48. The van der Waals surface area contributed by atoms with Crippen LogP contribution in [0.3, 0.4) is 0 Å². The van der Waals surface area contributed by atoms with Gasteiger partial charge in [0.05, 0.1) is 6.61 Å². The number of aliphatic carboxylic acids is 1. The van der Waals surface area contributed by atoms with Crippen molar-refractivity contribution in [3.05, 3.63) is 0 Å². The first-order valence-corrected chi connectivity index (χ1v) is 4.99. The molecule has 4 heteroatoms. The van der Waals surface area contributed by atoms with Gasteiger partial charge in [-0.1, -0.05) is 13.8 Å². The summed E-state index contributed by atoms with van der Waals surface area (Å²) in [6.07, 6.45) is 0.554. The maximum Gasteiger partial charge on any atom is 0.313 e. The topological polar surface area (TPSA) is 72.5 Å². The summed E-state index contributed by atoms with van der Waals surface area (Å²) >= 11 is 0. The predicted octanol–water partition coefficient (Wildman–Crippen LogP) is 1.10. The maximum atomic E-state index is 11.1. The van der Waals surface area contributed by atoms with Crippen LogP contribution >= 0.6 is 0 Å². The highest BCUT2D eigenvalue weighted by atomic mass is 16.5. The molecule has 84 valence electrons. The smallest absolute Gasteiger partial charge is 0.313 e. The largest absolute Gasteiger partial charge is 0.481 e. The van der Waals surface area contributed by atoms with Crippen molar-refractivity contribution >= 4 is 5.97 Å². The molecule has 0 aliphatic carbocycles. The standard InChI is InChI=1S/C10H21NO3/c1-4-14-7-10(6-11,9(12)13)5-8(2)3/h8H,4-7,11H2,1-3H3,(H,12,13). The predicted molar refractivity (Wildman–Crippen MR) is 55.1 cm³/mol. The van der Waals surface area contributed by atoms with Crippen molar-refractivity contribution in [1.29, 1.82) is 0 Å². The third kappa shape index (κ3) is 3.64. The van der Waals surface area contributed by atoms with Gasteiger partial charge in [0.1, 0.15) is 5.41 Å². The van der Waals surface area contributed by atoms with E-state index in [4.69, 9.17) is 15.6 Å². The Morgan fingerprint density at radius 1 is 1.57 bits per heavy atom. The fourth-order valence-corrected chi connectivity index (χ4v) is 1.52. The Kier molecular flexibility index (Phi) is 5.72. The molecule has 14 heavy (non-hydrogen) atoms. The van der Waals surface area contributed by atoms with Crippen LogP contribution in [0.4, 0.5) is 0 Å². The number of ether oxygens (including phenoxy) is 1. The molecule has 0 aliphatic rings. The fourth-order valence-electron chi connectivity index (χ4n) is 1.52. The Morgan fingerprint density at radius 3 is 2.43 bits per heavy atom. The lowest BCUT2D eigenvalue weighted by Crippen LogP contribution is -2.43. The van der Waals surface area contributed by atoms with Crippen molar-refractivity contribution in [1.82, 2.24) is 0 Å². The van der Waals surface area contributed by atoms with Gasteiger partial charge >= 0.3 is 5.97 Å². The Balaban J connectivity index is 4.51. The highest BCUT2D eigenvalue weighted by Gasteiger charge is 2.38. The van der Waals surface area contributed by atoms with Crippen molar-refractivity contribution < 1.29 is 14.6 Å². The number of carbonyl (C=O) groups is 1. The summed E-state index contributed by atoms with van der Waals surface area (Å²) in [4.78, 5) is 11.1. The second kappa shape index (κ2) is 5.98. The number of nitrogens with two attached hydrogens (primary N) is 1. The van der Waals surface area contributed by atoms with Crippen molar-refractivity contribution in [2.24, 2.45) is 17.1 Å². The van der Waals surface area contributed by atoms with Crippen LogP contribution in [0.15, 0.2) is 0 Å². The number of rotatable bonds is 7. The van der Waals surface area contributed by atoms with Crippen molar-refractivity contribution in [2.45, 2.75) is 27.2 Å². The molecular weight excluding hydrogens is 182 g/mol. The van der Waals surface area contributed by atoms with Crippen LogP contribution in [0.2, 0.25) is 0 Å². The molecule has 0 saturated carbocycles. The van der Waals surface area contributed by atoms with E-state index in [1.165, 1.54) is 0 Å². The highest BCUT2D eigenvalue weighted by Crippen LogP contribution is 2.26. The van der Waals surface area contributed by atoms with Crippen LogP contribution in [0.5, 0.6) is 0 Å². The van der Waals surface area contributed by atoms with Crippen LogP contribution in [0, 0.1) is 11.3 Å². The van der Waals surface area contributed by atoms with Crippen LogP contribution in [0.1, 0.15) is 27.2 Å². The van der Waals surface area contributed by atoms with Gasteiger partial charge in [-0.15, -0.1) is 0 Å². The summed E-state index contributed by atoms with van der Waals surface area (Å²) in [5.41, 5.74) is 4.62. The van der Waals surface area contributed by atoms with Gasteiger partial charge in [0.15, 0.2) is 0 Å². The van der Waals surface area contributed by atoms with Gasteiger partial charge in [-0.05, 0) is 19.3 Å². The molecule has 3 N–H and O–H groups in total. The summed E-state index contributed by atoms with van der Waals surface area (Å²) < 4.78 is 5.19. The van der Waals surface area contributed by atoms with Crippen LogP contribution in [0.25, 0.3) is 0 Å². The van der Waals surface area contributed by atoms with Crippen molar-refractivity contribution in [3.8, 4) is 0 Å². The first kappa shape index (κ1) is 13.4. The third-order valence-corrected chi connectivity index (χ3v) is 2.23. The zero-order valence-electron chi connectivity index (χ0n) is 9.25. The van der Waals surface area contributed by atoms with E-state index in [0.29, 0.717) is 18.9 Å². The van der Waals surface area contributed by atoms with Gasteiger partial charge in [-0.25, -0.2) is 0 Å². The second-order valence-corrected chi connectivity index (χ2v) is 4.02. The maximum absolute atomic E-state index is 11.1. The lowest BCUT2D eigenvalue weighted by atomic mass is 9.81. The molecule has 0 fully saturated rings. The van der Waals surface area contributed by atoms with E-state index < -0.39 is 11.4 Å². The van der Waals surface area contributed by atoms with E-state index >= 15 is 0 Å². The molecule has 0 aromatic carbocycles. The first-order valence-electron chi connectivity index (χ1n) is 4.99. The van der Waals surface area contributed by atoms with Gasteiger partial charge in [0.2, 0.25) is 0 Å². The molecule has 0 aliphatic heterocycles. The average molecular weight is 203 g/mol. The molecule has 0 amide bonds. The van der Waals surface area contributed by atoms with Gasteiger partial charge in [0.25, 0.3) is 0 Å².